The van der Waals surface area contributed by atoms with Crippen molar-refractivity contribution >= 4 is 0 Å². The van der Waals surface area contributed by atoms with Crippen LogP contribution in [0.3, 0.4) is 0 Å². The fourth-order valence-corrected chi connectivity index (χ4v) is 1.20. The maximum absolute atomic E-state index is 5.89. The number of hydrogen-bond acceptors (Lipinski definition) is 1. The second kappa shape index (κ2) is 5.86. The first-order chi connectivity index (χ1) is 7.22. The van der Waals surface area contributed by atoms with Crippen molar-refractivity contribution in [3.8, 4) is 0 Å². The van der Waals surface area contributed by atoms with Crippen LogP contribution in [0.4, 0.5) is 0 Å². The van der Waals surface area contributed by atoms with E-state index in [2.05, 4.69) is 18.7 Å². The summed E-state index contributed by atoms with van der Waals surface area (Å²) in [5.41, 5.74) is 9.10. The minimum Gasteiger partial charge on any atom is -0.402 e. The molecule has 0 radical (unpaired) electrons. The summed E-state index contributed by atoms with van der Waals surface area (Å²) in [6.45, 7) is 5.68. The minimum absolute atomic E-state index is 0.793. The van der Waals surface area contributed by atoms with Gasteiger partial charge < -0.3 is 5.73 Å². The van der Waals surface area contributed by atoms with Crippen LogP contribution in [0.5, 0.6) is 0 Å². The van der Waals surface area contributed by atoms with E-state index in [-0.39, 0.29) is 0 Å². The fraction of sp³-hybridized carbons (Fsp3) is 0.143. The fourth-order valence-electron chi connectivity index (χ4n) is 1.20. The molecule has 0 saturated carbocycles. The van der Waals surface area contributed by atoms with Gasteiger partial charge >= 0.3 is 0 Å². The lowest BCUT2D eigenvalue weighted by atomic mass is 10.1. The largest absolute Gasteiger partial charge is 0.402 e. The Balaban J connectivity index is 2.63. The topological polar surface area (TPSA) is 26.0 Å². The van der Waals surface area contributed by atoms with E-state index in [4.69, 9.17) is 5.73 Å². The van der Waals surface area contributed by atoms with E-state index in [1.165, 1.54) is 5.56 Å². The maximum atomic E-state index is 5.89. The normalized spacial score (nSPS) is 12.6. The molecule has 0 aliphatic carbocycles. The zero-order chi connectivity index (χ0) is 11.1. The van der Waals surface area contributed by atoms with E-state index in [0.29, 0.717) is 0 Å². The van der Waals surface area contributed by atoms with Crippen LogP contribution in [0.1, 0.15) is 12.5 Å². The maximum Gasteiger partial charge on any atom is 0.0125 e. The average molecular weight is 199 g/mol. The Morgan fingerprint density at radius 2 is 1.93 bits per heavy atom. The van der Waals surface area contributed by atoms with Crippen molar-refractivity contribution in [1.82, 2.24) is 0 Å². The highest BCUT2D eigenvalue weighted by Gasteiger charge is 1.92. The van der Waals surface area contributed by atoms with Gasteiger partial charge in [0.25, 0.3) is 0 Å². The zero-order valence-corrected chi connectivity index (χ0v) is 9.11. The van der Waals surface area contributed by atoms with Crippen LogP contribution in [-0.4, -0.2) is 0 Å². The molecule has 0 aliphatic rings. The van der Waals surface area contributed by atoms with Crippen molar-refractivity contribution in [3.63, 3.8) is 0 Å². The van der Waals surface area contributed by atoms with Crippen molar-refractivity contribution in [2.45, 2.75) is 13.3 Å². The first-order valence-corrected chi connectivity index (χ1v) is 5.01. The van der Waals surface area contributed by atoms with Crippen molar-refractivity contribution in [1.29, 1.82) is 0 Å². The first kappa shape index (κ1) is 11.3. The lowest BCUT2D eigenvalue weighted by molar-refractivity contribution is 1.11. The van der Waals surface area contributed by atoms with E-state index in [0.717, 1.165) is 17.7 Å². The Morgan fingerprint density at radius 1 is 1.27 bits per heavy atom. The van der Waals surface area contributed by atoms with E-state index >= 15 is 0 Å². The molecule has 1 aromatic carbocycles. The highest BCUT2D eigenvalue weighted by Crippen LogP contribution is 2.04. The minimum atomic E-state index is 0.793. The van der Waals surface area contributed by atoms with Gasteiger partial charge in [0.15, 0.2) is 0 Å². The third-order valence-corrected chi connectivity index (χ3v) is 2.13. The molecule has 2 N–H and O–H groups in total. The number of rotatable bonds is 4. The zero-order valence-electron chi connectivity index (χ0n) is 9.11. The molecule has 0 fully saturated rings. The molecule has 78 valence electrons. The molecule has 0 atom stereocenters. The molecule has 0 amide bonds. The molecule has 0 aliphatic heterocycles. The summed E-state index contributed by atoms with van der Waals surface area (Å²) >= 11 is 0. The van der Waals surface area contributed by atoms with Crippen LogP contribution in [0.2, 0.25) is 0 Å². The summed E-state index contributed by atoms with van der Waals surface area (Å²) in [5.74, 6) is 0. The molecular weight excluding hydrogens is 182 g/mol. The van der Waals surface area contributed by atoms with Crippen LogP contribution >= 0.6 is 0 Å². The summed E-state index contributed by atoms with van der Waals surface area (Å²) in [4.78, 5) is 0. The monoisotopic (exact) mass is 199 g/mol. The number of allylic oxidation sites excluding steroid dienone is 5. The molecule has 0 saturated heterocycles. The van der Waals surface area contributed by atoms with Crippen LogP contribution in [0.25, 0.3) is 0 Å². The van der Waals surface area contributed by atoms with Gasteiger partial charge in [-0.25, -0.2) is 0 Å². The van der Waals surface area contributed by atoms with Gasteiger partial charge in [0.2, 0.25) is 0 Å². The van der Waals surface area contributed by atoms with E-state index < -0.39 is 0 Å². The SMILES string of the molecule is C=C/C(C)=C/C=C(\N)Cc1ccccc1. The third-order valence-electron chi connectivity index (χ3n) is 2.13. The quantitative estimate of drug-likeness (QED) is 0.740. The highest BCUT2D eigenvalue weighted by molar-refractivity contribution is 5.26. The Bertz CT molecular complexity index is 372. The van der Waals surface area contributed by atoms with Crippen molar-refractivity contribution in [2.24, 2.45) is 5.73 Å². The van der Waals surface area contributed by atoms with Gasteiger partial charge in [0.05, 0.1) is 0 Å². The summed E-state index contributed by atoms with van der Waals surface area (Å²) in [6.07, 6.45) is 6.52. The lowest BCUT2D eigenvalue weighted by Crippen LogP contribution is -2.00. The lowest BCUT2D eigenvalue weighted by Gasteiger charge is -2.00. The van der Waals surface area contributed by atoms with E-state index in [1.807, 2.05) is 43.4 Å². The molecule has 0 heterocycles. The summed E-state index contributed by atoms with van der Waals surface area (Å²) in [7, 11) is 0. The molecule has 1 aromatic rings. The molecule has 0 aromatic heterocycles. The van der Waals surface area contributed by atoms with Crippen LogP contribution in [0, 0.1) is 0 Å². The van der Waals surface area contributed by atoms with Gasteiger partial charge in [0.1, 0.15) is 0 Å². The van der Waals surface area contributed by atoms with Crippen molar-refractivity contribution in [3.05, 3.63) is 72.0 Å². The highest BCUT2D eigenvalue weighted by atomic mass is 14.6. The molecular formula is C14H17N. The van der Waals surface area contributed by atoms with E-state index in [9.17, 15) is 0 Å². The molecule has 1 heteroatoms. The first-order valence-electron chi connectivity index (χ1n) is 5.01. The second-order valence-electron chi connectivity index (χ2n) is 3.52. The van der Waals surface area contributed by atoms with Crippen LogP contribution in [-0.2, 0) is 6.42 Å². The Kier molecular flexibility index (Phi) is 4.42. The smallest absolute Gasteiger partial charge is 0.0125 e. The molecule has 0 spiro atoms. The summed E-state index contributed by atoms with van der Waals surface area (Å²) in [6, 6.07) is 10.2. The van der Waals surface area contributed by atoms with Gasteiger partial charge in [-0.3, -0.25) is 0 Å². The van der Waals surface area contributed by atoms with Gasteiger partial charge in [-0.15, -0.1) is 0 Å². The summed E-state index contributed by atoms with van der Waals surface area (Å²) in [5, 5.41) is 0. The standard InChI is InChI=1S/C14H17N/c1-3-12(2)9-10-14(15)11-13-7-5-4-6-8-13/h3-10H,1,11,15H2,2H3/b12-9+,14-10-. The number of nitrogens with two attached hydrogens (primary N) is 1. The Hall–Kier alpha value is -1.76. The predicted molar refractivity (Wildman–Crippen MR) is 66.4 cm³/mol. The molecule has 0 bridgehead atoms. The molecule has 1 nitrogen and oxygen atoms in total. The van der Waals surface area contributed by atoms with E-state index in [1.54, 1.807) is 0 Å². The molecule has 1 rings (SSSR count). The summed E-state index contributed by atoms with van der Waals surface area (Å²) < 4.78 is 0. The Labute approximate surface area is 91.6 Å². The molecule has 15 heavy (non-hydrogen) atoms. The Morgan fingerprint density at radius 3 is 2.53 bits per heavy atom. The third kappa shape index (κ3) is 4.32. The van der Waals surface area contributed by atoms with Crippen molar-refractivity contribution < 1.29 is 0 Å². The van der Waals surface area contributed by atoms with Gasteiger partial charge in [-0.1, -0.05) is 54.6 Å². The number of benzene rings is 1. The van der Waals surface area contributed by atoms with Gasteiger partial charge in [-0.05, 0) is 18.6 Å². The second-order valence-corrected chi connectivity index (χ2v) is 3.52. The molecule has 0 unspecified atom stereocenters. The van der Waals surface area contributed by atoms with Crippen LogP contribution in [0.15, 0.2) is 66.4 Å². The average Bonchev–Trinajstić information content (AvgIpc) is 2.27. The van der Waals surface area contributed by atoms with Gasteiger partial charge in [0, 0.05) is 12.1 Å². The van der Waals surface area contributed by atoms with Crippen LogP contribution < -0.4 is 5.73 Å². The van der Waals surface area contributed by atoms with Gasteiger partial charge in [-0.2, -0.15) is 0 Å². The number of hydrogen-bond donors (Lipinski definition) is 1. The van der Waals surface area contributed by atoms with Crippen molar-refractivity contribution in [2.75, 3.05) is 0 Å². The predicted octanol–water partition coefficient (Wildman–Crippen LogP) is 3.20.